The van der Waals surface area contributed by atoms with Crippen LogP contribution in [-0.4, -0.2) is 31.3 Å². The van der Waals surface area contributed by atoms with Gasteiger partial charge in [0.15, 0.2) is 0 Å². The lowest BCUT2D eigenvalue weighted by atomic mass is 9.99. The molecule has 2 atom stereocenters. The van der Waals surface area contributed by atoms with Crippen molar-refractivity contribution in [3.8, 4) is 0 Å². The number of carbonyl (C=O) groups is 2. The van der Waals surface area contributed by atoms with E-state index in [1.54, 1.807) is 0 Å². The minimum atomic E-state index is -0.644. The van der Waals surface area contributed by atoms with E-state index < -0.39 is 12.1 Å². The Bertz CT molecular complexity index is 344. The molecule has 142 valence electrons. The molecule has 5 heteroatoms. The van der Waals surface area contributed by atoms with Gasteiger partial charge in [0.05, 0.1) is 13.2 Å². The van der Waals surface area contributed by atoms with E-state index in [9.17, 15) is 9.59 Å². The molecule has 1 amide bonds. The Labute approximate surface area is 147 Å². The molecule has 0 fully saturated rings. The topological polar surface area (TPSA) is 64.6 Å². The van der Waals surface area contributed by atoms with Gasteiger partial charge in [-0.25, -0.2) is 9.59 Å². The van der Waals surface area contributed by atoms with E-state index in [1.165, 1.54) is 25.7 Å². The smallest absolute Gasteiger partial charge is 0.407 e. The van der Waals surface area contributed by atoms with Crippen LogP contribution in [0.2, 0.25) is 0 Å². The average Bonchev–Trinajstić information content (AvgIpc) is 2.56. The lowest BCUT2D eigenvalue weighted by Gasteiger charge is -2.22. The number of hydrogen-bond donors (Lipinski definition) is 1. The van der Waals surface area contributed by atoms with Crippen LogP contribution < -0.4 is 5.32 Å². The summed E-state index contributed by atoms with van der Waals surface area (Å²) >= 11 is 0. The Balaban J connectivity index is 4.19. The van der Waals surface area contributed by atoms with Crippen LogP contribution in [0.5, 0.6) is 0 Å². The summed E-state index contributed by atoms with van der Waals surface area (Å²) in [6, 6.07) is -0.644. The van der Waals surface area contributed by atoms with Gasteiger partial charge in [0.1, 0.15) is 6.04 Å². The van der Waals surface area contributed by atoms with Gasteiger partial charge in [0, 0.05) is 0 Å². The number of nitrogens with one attached hydrogen (secondary N) is 1. The van der Waals surface area contributed by atoms with Crippen molar-refractivity contribution in [3.63, 3.8) is 0 Å². The number of hydrogen-bond acceptors (Lipinski definition) is 4. The second-order valence-corrected chi connectivity index (χ2v) is 6.94. The summed E-state index contributed by atoms with van der Waals surface area (Å²) in [6.07, 6.45) is 7.09. The molecule has 24 heavy (non-hydrogen) atoms. The second kappa shape index (κ2) is 14.1. The Morgan fingerprint density at radius 2 is 1.54 bits per heavy atom. The maximum Gasteiger partial charge on any atom is 0.407 e. The van der Waals surface area contributed by atoms with Gasteiger partial charge in [-0.05, 0) is 18.3 Å². The fourth-order valence-electron chi connectivity index (χ4n) is 2.23. The standard InChI is InChI=1S/C19H37NO4/c1-6-8-9-10-11-12-13-23-18(21)17(16(5)7-2)20-19(22)24-14-15(3)4/h15-17H,6-14H2,1-5H3,(H,20,22)/t16?,17-/m0/s1. The summed E-state index contributed by atoms with van der Waals surface area (Å²) in [5, 5.41) is 2.66. The first-order chi connectivity index (χ1) is 11.4. The van der Waals surface area contributed by atoms with Crippen molar-refractivity contribution in [2.24, 2.45) is 11.8 Å². The fraction of sp³-hybridized carbons (Fsp3) is 0.895. The highest BCUT2D eigenvalue weighted by molar-refractivity contribution is 5.81. The Morgan fingerprint density at radius 3 is 2.12 bits per heavy atom. The summed E-state index contributed by atoms with van der Waals surface area (Å²) in [5.74, 6) is -0.0921. The van der Waals surface area contributed by atoms with Crippen LogP contribution in [0.25, 0.3) is 0 Å². The molecule has 1 unspecified atom stereocenters. The van der Waals surface area contributed by atoms with Gasteiger partial charge >= 0.3 is 12.1 Å². The normalized spacial score (nSPS) is 13.4. The zero-order valence-electron chi connectivity index (χ0n) is 16.2. The number of amides is 1. The van der Waals surface area contributed by atoms with Gasteiger partial charge in [0.25, 0.3) is 0 Å². The van der Waals surface area contributed by atoms with Crippen molar-refractivity contribution in [1.82, 2.24) is 5.32 Å². The predicted molar refractivity (Wildman–Crippen MR) is 96.9 cm³/mol. The monoisotopic (exact) mass is 343 g/mol. The molecule has 0 bridgehead atoms. The highest BCUT2D eigenvalue weighted by Crippen LogP contribution is 2.11. The van der Waals surface area contributed by atoms with E-state index in [1.807, 2.05) is 27.7 Å². The molecule has 0 heterocycles. The zero-order valence-corrected chi connectivity index (χ0v) is 16.2. The molecule has 0 radical (unpaired) electrons. The molecule has 0 aliphatic rings. The van der Waals surface area contributed by atoms with Crippen LogP contribution in [-0.2, 0) is 14.3 Å². The van der Waals surface area contributed by atoms with Gasteiger partial charge in [0.2, 0.25) is 0 Å². The predicted octanol–water partition coefficient (Wildman–Crippen LogP) is 4.69. The average molecular weight is 344 g/mol. The summed E-state index contributed by atoms with van der Waals surface area (Å²) in [4.78, 5) is 24.1. The Morgan fingerprint density at radius 1 is 0.917 bits per heavy atom. The van der Waals surface area contributed by atoms with E-state index in [0.29, 0.717) is 13.2 Å². The molecule has 1 N–H and O–H groups in total. The number of unbranched alkanes of at least 4 members (excludes halogenated alkanes) is 5. The molecular weight excluding hydrogens is 306 g/mol. The van der Waals surface area contributed by atoms with Crippen LogP contribution in [0.1, 0.15) is 79.6 Å². The van der Waals surface area contributed by atoms with Crippen LogP contribution in [0.15, 0.2) is 0 Å². The first-order valence-corrected chi connectivity index (χ1v) is 9.52. The molecule has 0 saturated heterocycles. The number of carbonyl (C=O) groups excluding carboxylic acids is 2. The number of esters is 1. The van der Waals surface area contributed by atoms with Gasteiger partial charge in [-0.2, -0.15) is 0 Å². The van der Waals surface area contributed by atoms with Crippen molar-refractivity contribution >= 4 is 12.1 Å². The third-order valence-electron chi connectivity index (χ3n) is 4.03. The van der Waals surface area contributed by atoms with Crippen LogP contribution in [0, 0.1) is 11.8 Å². The molecule has 0 aliphatic carbocycles. The molecule has 0 rings (SSSR count). The minimum Gasteiger partial charge on any atom is -0.464 e. The molecular formula is C19H37NO4. The van der Waals surface area contributed by atoms with Crippen LogP contribution >= 0.6 is 0 Å². The minimum absolute atomic E-state index is 0.00801. The van der Waals surface area contributed by atoms with E-state index in [2.05, 4.69) is 12.2 Å². The van der Waals surface area contributed by atoms with E-state index in [4.69, 9.17) is 9.47 Å². The summed E-state index contributed by atoms with van der Waals surface area (Å²) < 4.78 is 10.5. The van der Waals surface area contributed by atoms with E-state index in [-0.39, 0.29) is 17.8 Å². The van der Waals surface area contributed by atoms with Crippen molar-refractivity contribution in [2.75, 3.05) is 13.2 Å². The highest BCUT2D eigenvalue weighted by atomic mass is 16.6. The SMILES string of the molecule is CCCCCCCCOC(=O)[C@@H](NC(=O)OCC(C)C)C(C)CC. The van der Waals surface area contributed by atoms with Gasteiger partial charge in [-0.15, -0.1) is 0 Å². The van der Waals surface area contributed by atoms with Gasteiger partial charge in [-0.3, -0.25) is 0 Å². The maximum absolute atomic E-state index is 12.3. The third kappa shape index (κ3) is 11.3. The van der Waals surface area contributed by atoms with Crippen molar-refractivity contribution in [1.29, 1.82) is 0 Å². The molecule has 0 aliphatic heterocycles. The lowest BCUT2D eigenvalue weighted by Crippen LogP contribution is -2.46. The van der Waals surface area contributed by atoms with Crippen molar-refractivity contribution in [3.05, 3.63) is 0 Å². The summed E-state index contributed by atoms with van der Waals surface area (Å²) in [5.41, 5.74) is 0. The molecule has 0 spiro atoms. The third-order valence-corrected chi connectivity index (χ3v) is 4.03. The van der Waals surface area contributed by atoms with E-state index >= 15 is 0 Å². The summed E-state index contributed by atoms with van der Waals surface area (Å²) in [6.45, 7) is 10.8. The van der Waals surface area contributed by atoms with Crippen molar-refractivity contribution < 1.29 is 19.1 Å². The second-order valence-electron chi connectivity index (χ2n) is 6.94. The molecule has 0 aromatic rings. The highest BCUT2D eigenvalue weighted by Gasteiger charge is 2.27. The van der Waals surface area contributed by atoms with Gasteiger partial charge in [-0.1, -0.05) is 73.1 Å². The first-order valence-electron chi connectivity index (χ1n) is 9.52. The maximum atomic E-state index is 12.3. The molecule has 0 aromatic carbocycles. The molecule has 0 saturated carbocycles. The Kier molecular flexibility index (Phi) is 13.4. The molecule has 5 nitrogen and oxygen atoms in total. The fourth-order valence-corrected chi connectivity index (χ4v) is 2.23. The first kappa shape index (κ1) is 22.7. The Hall–Kier alpha value is -1.26. The number of rotatable bonds is 13. The van der Waals surface area contributed by atoms with Crippen molar-refractivity contribution in [2.45, 2.75) is 85.6 Å². The van der Waals surface area contributed by atoms with Gasteiger partial charge < -0.3 is 14.8 Å². The number of ether oxygens (including phenoxy) is 2. The lowest BCUT2D eigenvalue weighted by molar-refractivity contribution is -0.147. The van der Waals surface area contributed by atoms with E-state index in [0.717, 1.165) is 19.3 Å². The zero-order chi connectivity index (χ0) is 18.4. The number of alkyl carbamates (subject to hydrolysis) is 1. The summed E-state index contributed by atoms with van der Waals surface area (Å²) in [7, 11) is 0. The quantitative estimate of drug-likeness (QED) is 0.389. The largest absolute Gasteiger partial charge is 0.464 e. The van der Waals surface area contributed by atoms with Crippen LogP contribution in [0.4, 0.5) is 4.79 Å². The van der Waals surface area contributed by atoms with Crippen LogP contribution in [0.3, 0.4) is 0 Å². The molecule has 0 aromatic heterocycles.